The lowest BCUT2D eigenvalue weighted by Crippen LogP contribution is -2.35. The van der Waals surface area contributed by atoms with Crippen molar-refractivity contribution in [3.63, 3.8) is 0 Å². The highest BCUT2D eigenvalue weighted by Crippen LogP contribution is 2.38. The summed E-state index contributed by atoms with van der Waals surface area (Å²) in [5.41, 5.74) is 2.35. The van der Waals surface area contributed by atoms with Crippen LogP contribution in [0.4, 0.5) is 5.69 Å². The highest BCUT2D eigenvalue weighted by molar-refractivity contribution is 9.10. The first-order valence-electron chi connectivity index (χ1n) is 8.07. The summed E-state index contributed by atoms with van der Waals surface area (Å²) in [7, 11) is 0. The maximum atomic E-state index is 9.74. The first-order chi connectivity index (χ1) is 13.5. The van der Waals surface area contributed by atoms with Crippen molar-refractivity contribution in [3.8, 4) is 18.2 Å². The molecular weight excluding hydrogens is 438 g/mol. The second kappa shape index (κ2) is 8.11. The number of benzene rings is 2. The maximum Gasteiger partial charge on any atom is 0.149 e. The zero-order valence-electron chi connectivity index (χ0n) is 14.4. The summed E-state index contributed by atoms with van der Waals surface area (Å²) >= 11 is 9.34. The Morgan fingerprint density at radius 1 is 1.00 bits per heavy atom. The fourth-order valence-electron chi connectivity index (χ4n) is 2.97. The molecule has 5 nitrogen and oxygen atoms in total. The molecule has 1 heterocycles. The molecule has 3 rings (SSSR count). The molecule has 2 aromatic carbocycles. The number of halogens is 2. The van der Waals surface area contributed by atoms with E-state index in [1.165, 1.54) is 4.90 Å². The van der Waals surface area contributed by atoms with Gasteiger partial charge in [-0.3, -0.25) is 10.3 Å². The molecule has 0 atom stereocenters. The third kappa shape index (κ3) is 3.55. The number of amidine groups is 1. The van der Waals surface area contributed by atoms with Crippen molar-refractivity contribution >= 4 is 44.6 Å². The van der Waals surface area contributed by atoms with Gasteiger partial charge in [0.2, 0.25) is 0 Å². The molecule has 0 amide bonds. The highest BCUT2D eigenvalue weighted by atomic mass is 79.9. The van der Waals surface area contributed by atoms with Crippen LogP contribution in [0.5, 0.6) is 0 Å². The van der Waals surface area contributed by atoms with Crippen LogP contribution >= 0.6 is 27.5 Å². The van der Waals surface area contributed by atoms with Gasteiger partial charge in [-0.15, -0.1) is 0 Å². The van der Waals surface area contributed by atoms with Gasteiger partial charge in [0.1, 0.15) is 29.6 Å². The third-order valence-electron chi connectivity index (χ3n) is 4.28. The second-order valence-electron chi connectivity index (χ2n) is 5.85. The molecule has 0 fully saturated rings. The molecule has 0 saturated carbocycles. The van der Waals surface area contributed by atoms with Crippen molar-refractivity contribution in [1.82, 2.24) is 0 Å². The summed E-state index contributed by atoms with van der Waals surface area (Å²) in [6.45, 7) is 0. The molecule has 0 radical (unpaired) electrons. The number of allylic oxidation sites excluding steroid dienone is 2. The van der Waals surface area contributed by atoms with E-state index in [0.717, 1.165) is 10.0 Å². The van der Waals surface area contributed by atoms with Crippen molar-refractivity contribution < 1.29 is 0 Å². The monoisotopic (exact) mass is 447 g/mol. The first kappa shape index (κ1) is 19.4. The largest absolute Gasteiger partial charge is 0.296 e. The summed E-state index contributed by atoms with van der Waals surface area (Å²) < 4.78 is 0.884. The normalized spacial score (nSPS) is 13.6. The molecule has 1 N–H and O–H groups in total. The van der Waals surface area contributed by atoms with Gasteiger partial charge in [0.15, 0.2) is 0 Å². The first-order valence-corrected chi connectivity index (χ1v) is 9.24. The van der Waals surface area contributed by atoms with Crippen LogP contribution in [0.2, 0.25) is 5.02 Å². The van der Waals surface area contributed by atoms with E-state index >= 15 is 0 Å². The molecule has 134 valence electrons. The minimum Gasteiger partial charge on any atom is -0.296 e. The molecule has 7 heteroatoms. The predicted molar refractivity (Wildman–Crippen MR) is 111 cm³/mol. The van der Waals surface area contributed by atoms with Crippen LogP contribution in [-0.2, 0) is 0 Å². The molecule has 1 aliphatic rings. The number of hydrogen-bond acceptors (Lipinski definition) is 4. The fourth-order valence-corrected chi connectivity index (χ4v) is 3.36. The summed E-state index contributed by atoms with van der Waals surface area (Å²) in [6, 6.07) is 19.9. The van der Waals surface area contributed by atoms with E-state index in [-0.39, 0.29) is 23.4 Å². The molecule has 0 aliphatic carbocycles. The van der Waals surface area contributed by atoms with Crippen LogP contribution in [0.25, 0.3) is 5.57 Å². The van der Waals surface area contributed by atoms with Gasteiger partial charge in [-0.05, 0) is 47.5 Å². The predicted octanol–water partition coefficient (Wildman–Crippen LogP) is 5.57. The quantitative estimate of drug-likeness (QED) is 0.607. The zero-order chi connectivity index (χ0) is 20.3. The third-order valence-corrected chi connectivity index (χ3v) is 5.06. The minimum absolute atomic E-state index is 0.0907. The van der Waals surface area contributed by atoms with Crippen molar-refractivity contribution in [1.29, 1.82) is 21.2 Å². The van der Waals surface area contributed by atoms with Gasteiger partial charge < -0.3 is 0 Å². The van der Waals surface area contributed by atoms with Gasteiger partial charge in [0.05, 0.1) is 11.3 Å². The molecular formula is C21H11BrClN5. The van der Waals surface area contributed by atoms with Crippen molar-refractivity contribution in [2.45, 2.75) is 6.42 Å². The lowest BCUT2D eigenvalue weighted by molar-refractivity contribution is 1.06. The van der Waals surface area contributed by atoms with Gasteiger partial charge in [0, 0.05) is 21.6 Å². The lowest BCUT2D eigenvalue weighted by Gasteiger charge is -2.33. The van der Waals surface area contributed by atoms with Crippen LogP contribution in [0.15, 0.2) is 69.8 Å². The summed E-state index contributed by atoms with van der Waals surface area (Å²) in [6.07, 6.45) is 0.173. The standard InChI is InChI=1S/C21H11BrClN5/c22-15-3-1-13(2-4-15)18-9-20(14(10-24)11-25)28(21(27)19(18)12-26)17-7-5-16(23)6-8-17/h1-8,27H,9H2. The summed E-state index contributed by atoms with van der Waals surface area (Å²) in [5, 5.41) is 37.8. The number of anilines is 1. The van der Waals surface area contributed by atoms with E-state index in [0.29, 0.717) is 22.0 Å². The van der Waals surface area contributed by atoms with Gasteiger partial charge in [-0.25, -0.2) is 0 Å². The number of rotatable bonds is 2. The average Bonchev–Trinajstić information content (AvgIpc) is 2.70. The highest BCUT2D eigenvalue weighted by Gasteiger charge is 2.32. The van der Waals surface area contributed by atoms with Crippen LogP contribution in [0.1, 0.15) is 12.0 Å². The van der Waals surface area contributed by atoms with Crippen LogP contribution < -0.4 is 4.90 Å². The molecule has 0 saturated heterocycles. The van der Waals surface area contributed by atoms with E-state index in [1.807, 2.05) is 36.4 Å². The summed E-state index contributed by atoms with van der Waals surface area (Å²) in [4.78, 5) is 1.46. The van der Waals surface area contributed by atoms with Crippen molar-refractivity contribution in [2.24, 2.45) is 0 Å². The molecule has 28 heavy (non-hydrogen) atoms. The second-order valence-corrected chi connectivity index (χ2v) is 7.21. The Balaban J connectivity index is 2.26. The smallest absolute Gasteiger partial charge is 0.149 e. The van der Waals surface area contributed by atoms with Gasteiger partial charge in [0.25, 0.3) is 0 Å². The molecule has 0 bridgehead atoms. The number of nitrogens with one attached hydrogen (secondary N) is 1. The lowest BCUT2D eigenvalue weighted by atomic mass is 9.89. The Morgan fingerprint density at radius 3 is 2.14 bits per heavy atom. The van der Waals surface area contributed by atoms with E-state index < -0.39 is 0 Å². The van der Waals surface area contributed by atoms with E-state index in [4.69, 9.17) is 17.0 Å². The van der Waals surface area contributed by atoms with Crippen LogP contribution in [0.3, 0.4) is 0 Å². The maximum absolute atomic E-state index is 9.74. The van der Waals surface area contributed by atoms with Gasteiger partial charge >= 0.3 is 0 Å². The van der Waals surface area contributed by atoms with Gasteiger partial charge in [-0.2, -0.15) is 15.8 Å². The van der Waals surface area contributed by atoms with Crippen molar-refractivity contribution in [3.05, 3.63) is 80.4 Å². The van der Waals surface area contributed by atoms with E-state index in [1.54, 1.807) is 24.3 Å². The van der Waals surface area contributed by atoms with Crippen LogP contribution in [-0.4, -0.2) is 5.84 Å². The Kier molecular flexibility index (Phi) is 5.62. The average molecular weight is 449 g/mol. The fraction of sp³-hybridized carbons (Fsp3) is 0.0476. The molecule has 2 aromatic rings. The zero-order valence-corrected chi connectivity index (χ0v) is 16.7. The van der Waals surface area contributed by atoms with Crippen LogP contribution in [0, 0.1) is 39.4 Å². The molecule has 0 unspecified atom stereocenters. The SMILES string of the molecule is N#CC(C#N)=C1CC(c2ccc(Br)cc2)=C(C#N)C(=N)N1c1ccc(Cl)cc1. The minimum atomic E-state index is -0.105. The van der Waals surface area contributed by atoms with Gasteiger partial charge in [-0.1, -0.05) is 39.7 Å². The topological polar surface area (TPSA) is 98.5 Å². The number of nitrogens with zero attached hydrogens (tertiary/aromatic N) is 4. The molecule has 0 spiro atoms. The van der Waals surface area contributed by atoms with E-state index in [2.05, 4.69) is 22.0 Å². The summed E-state index contributed by atoms with van der Waals surface area (Å²) in [5.74, 6) is -0.0907. The Hall–Kier alpha value is -3.37. The van der Waals surface area contributed by atoms with E-state index in [9.17, 15) is 15.8 Å². The Bertz CT molecular complexity index is 1120. The Morgan fingerprint density at radius 2 is 1.61 bits per heavy atom. The Labute approximate surface area is 175 Å². The number of hydrogen-bond donors (Lipinski definition) is 1. The number of nitriles is 3. The van der Waals surface area contributed by atoms with Crippen molar-refractivity contribution in [2.75, 3.05) is 4.90 Å². The molecule has 1 aliphatic heterocycles. The molecule has 0 aromatic heterocycles.